The number of hydrogen-bond acceptors (Lipinski definition) is 0. The molecule has 0 spiro atoms. The molecular formula is C8H10Br2Mg. The zero-order chi connectivity index (χ0) is 8.69. The molecule has 0 aliphatic heterocycles. The molecule has 0 saturated carbocycles. The number of benzene rings is 1. The summed E-state index contributed by atoms with van der Waals surface area (Å²) >= 11 is 6.44. The highest BCUT2D eigenvalue weighted by molar-refractivity contribution is 9.47. The molecule has 11 heavy (non-hydrogen) atoms. The summed E-state index contributed by atoms with van der Waals surface area (Å²) in [6, 6.07) is 8.48. The molecule has 1 aromatic rings. The summed E-state index contributed by atoms with van der Waals surface area (Å²) in [4.78, 5) is 0. The van der Waals surface area contributed by atoms with Gasteiger partial charge in [0.25, 0.3) is 0 Å². The molecular weight excluding hydrogens is 280 g/mol. The molecule has 0 nitrogen and oxygen atoms in total. The lowest BCUT2D eigenvalue weighted by molar-refractivity contribution is 1.40. The summed E-state index contributed by atoms with van der Waals surface area (Å²) < 4.78 is 0. The van der Waals surface area contributed by atoms with Gasteiger partial charge in [-0.1, -0.05) is 35.4 Å². The summed E-state index contributed by atoms with van der Waals surface area (Å²) in [5, 5.41) is 0. The second-order valence-electron chi connectivity index (χ2n) is 2.26. The van der Waals surface area contributed by atoms with Crippen molar-refractivity contribution < 1.29 is 0 Å². The average molecular weight is 290 g/mol. The molecule has 0 fully saturated rings. The zero-order valence-electron chi connectivity index (χ0n) is 6.77. The third-order valence-corrected chi connectivity index (χ3v) is 1.22. The van der Waals surface area contributed by atoms with Crippen LogP contribution in [0.4, 0.5) is 0 Å². The van der Waals surface area contributed by atoms with Gasteiger partial charge in [0, 0.05) is 0 Å². The van der Waals surface area contributed by atoms with Gasteiger partial charge < -0.3 is 0 Å². The van der Waals surface area contributed by atoms with Gasteiger partial charge in [0.05, 0.1) is 0 Å². The summed E-state index contributed by atoms with van der Waals surface area (Å²) in [7, 11) is 0. The second kappa shape index (κ2) is 7.59. The molecule has 0 heterocycles. The smallest absolute Gasteiger partial charge is 0.280 e. The molecule has 0 aliphatic rings. The molecule has 0 bridgehead atoms. The van der Waals surface area contributed by atoms with E-state index >= 15 is 0 Å². The standard InChI is InChI=1S/C8H10.2BrH.Mg/c1-7-3-5-8(2)6-4-7;;;/h3-6H,1-2H3;2*1H;/q;;;+2/p-2. The van der Waals surface area contributed by atoms with E-state index in [1.54, 1.807) is 0 Å². The number of halogens is 2. The lowest BCUT2D eigenvalue weighted by Gasteiger charge is -1.90. The third kappa shape index (κ3) is 7.31. The monoisotopic (exact) mass is 288 g/mol. The molecule has 0 N–H and O–H groups in total. The fourth-order valence-electron chi connectivity index (χ4n) is 0.637. The molecule has 0 amide bonds. The van der Waals surface area contributed by atoms with Crippen LogP contribution in [0.5, 0.6) is 0 Å². The first-order valence-corrected chi connectivity index (χ1v) is 11.2. The van der Waals surface area contributed by atoms with Crippen LogP contribution in [-0.2, 0) is 0 Å². The van der Waals surface area contributed by atoms with E-state index in [1.807, 2.05) is 0 Å². The summed E-state index contributed by atoms with van der Waals surface area (Å²) in [5.41, 5.74) is 2.66. The number of hydrogen-bond donors (Lipinski definition) is 0. The van der Waals surface area contributed by atoms with Gasteiger partial charge in [0.15, 0.2) is 0 Å². The van der Waals surface area contributed by atoms with Gasteiger partial charge >= 0.3 is 16.0 Å². The molecule has 0 radical (unpaired) electrons. The largest absolute Gasteiger partial charge is 0.560 e. The van der Waals surface area contributed by atoms with Crippen molar-refractivity contribution in [1.29, 1.82) is 0 Å². The van der Waals surface area contributed by atoms with Crippen molar-refractivity contribution in [3.8, 4) is 0 Å². The first-order chi connectivity index (χ1) is 5.20. The molecule has 58 valence electrons. The second-order valence-corrected chi connectivity index (χ2v) is 10.3. The van der Waals surface area contributed by atoms with Gasteiger partial charge in [0.1, 0.15) is 0 Å². The Morgan fingerprint density at radius 1 is 0.909 bits per heavy atom. The van der Waals surface area contributed by atoms with E-state index in [0.29, 0.717) is 0 Å². The van der Waals surface area contributed by atoms with Gasteiger partial charge in [-0.25, -0.2) is 0 Å². The molecule has 0 unspecified atom stereocenters. The fraction of sp³-hybridized carbons (Fsp3) is 0.250. The van der Waals surface area contributed by atoms with Crippen LogP contribution in [0.15, 0.2) is 24.3 Å². The normalized spacial score (nSPS) is 7.64. The maximum Gasteiger partial charge on any atom is 0.560 e. The van der Waals surface area contributed by atoms with Crippen LogP contribution < -0.4 is 0 Å². The third-order valence-electron chi connectivity index (χ3n) is 1.22. The van der Waals surface area contributed by atoms with Crippen LogP contribution in [0.1, 0.15) is 11.1 Å². The molecule has 0 atom stereocenters. The Morgan fingerprint density at radius 3 is 1.27 bits per heavy atom. The maximum absolute atomic E-state index is 3.20. The molecule has 0 aromatic heterocycles. The highest BCUT2D eigenvalue weighted by Crippen LogP contribution is 1.99. The van der Waals surface area contributed by atoms with E-state index in [9.17, 15) is 0 Å². The molecule has 0 saturated heterocycles. The quantitative estimate of drug-likeness (QED) is 0.640. The van der Waals surface area contributed by atoms with E-state index in [1.165, 1.54) is 11.1 Å². The molecule has 3 heteroatoms. The number of aryl methyl sites for hydroxylation is 2. The van der Waals surface area contributed by atoms with Gasteiger partial charge in [-0.3, -0.25) is 25.8 Å². The highest BCUT2D eigenvalue weighted by Gasteiger charge is 1.79. The SMILES string of the molecule is Cc1ccc(C)cc1.[Br][Mg][Br]. The Kier molecular flexibility index (Phi) is 8.24. The van der Waals surface area contributed by atoms with Crippen molar-refractivity contribution in [2.45, 2.75) is 13.8 Å². The lowest BCUT2D eigenvalue weighted by Crippen LogP contribution is -1.70. The predicted octanol–water partition coefficient (Wildman–Crippen LogP) is 3.61. The van der Waals surface area contributed by atoms with Crippen molar-refractivity contribution in [3.05, 3.63) is 35.4 Å². The minimum absolute atomic E-state index is 0.0417. The van der Waals surface area contributed by atoms with Crippen LogP contribution in [0, 0.1) is 13.8 Å². The summed E-state index contributed by atoms with van der Waals surface area (Å²) in [6.45, 7) is 4.19. The maximum atomic E-state index is 3.20. The van der Waals surface area contributed by atoms with Crippen molar-refractivity contribution in [2.24, 2.45) is 0 Å². The Bertz CT molecular complexity index is 163. The summed E-state index contributed by atoms with van der Waals surface area (Å²) in [5.74, 6) is 0. The van der Waals surface area contributed by atoms with Crippen LogP contribution in [0.25, 0.3) is 0 Å². The van der Waals surface area contributed by atoms with Gasteiger partial charge in [-0.15, -0.1) is 0 Å². The minimum atomic E-state index is 0.0417. The Balaban J connectivity index is 0.000000292. The predicted molar refractivity (Wildman–Crippen MR) is 59.5 cm³/mol. The zero-order valence-corrected chi connectivity index (χ0v) is 11.4. The average Bonchev–Trinajstić information content (AvgIpc) is 1.97. The van der Waals surface area contributed by atoms with E-state index in [4.69, 9.17) is 0 Å². The molecule has 1 aromatic carbocycles. The lowest BCUT2D eigenvalue weighted by atomic mass is 10.2. The van der Waals surface area contributed by atoms with Gasteiger partial charge in [-0.05, 0) is 13.8 Å². The van der Waals surface area contributed by atoms with Crippen molar-refractivity contribution in [3.63, 3.8) is 0 Å². The van der Waals surface area contributed by atoms with E-state index in [0.717, 1.165) is 0 Å². The Labute approximate surface area is 90.2 Å². The minimum Gasteiger partial charge on any atom is -0.280 e. The van der Waals surface area contributed by atoms with Crippen molar-refractivity contribution >= 4 is 41.8 Å². The Morgan fingerprint density at radius 2 is 1.09 bits per heavy atom. The van der Waals surface area contributed by atoms with E-state index in [2.05, 4.69) is 63.9 Å². The van der Waals surface area contributed by atoms with E-state index < -0.39 is 0 Å². The fourth-order valence-corrected chi connectivity index (χ4v) is 0.637. The first-order valence-electron chi connectivity index (χ1n) is 3.36. The van der Waals surface area contributed by atoms with Crippen LogP contribution in [-0.4, -0.2) is 16.0 Å². The number of rotatable bonds is 0. The van der Waals surface area contributed by atoms with Gasteiger partial charge in [0.2, 0.25) is 0 Å². The topological polar surface area (TPSA) is 0 Å². The molecule has 0 aliphatic carbocycles. The van der Waals surface area contributed by atoms with Crippen molar-refractivity contribution in [2.75, 3.05) is 0 Å². The van der Waals surface area contributed by atoms with Gasteiger partial charge in [-0.2, -0.15) is 0 Å². The first kappa shape index (κ1) is 11.9. The highest BCUT2D eigenvalue weighted by atomic mass is 79.9. The van der Waals surface area contributed by atoms with Crippen molar-refractivity contribution in [1.82, 2.24) is 0 Å². The van der Waals surface area contributed by atoms with Crippen LogP contribution in [0.3, 0.4) is 0 Å². The molecule has 1 rings (SSSR count). The van der Waals surface area contributed by atoms with Crippen LogP contribution >= 0.6 is 25.8 Å². The Hall–Kier alpha value is 0.946. The van der Waals surface area contributed by atoms with E-state index in [-0.39, 0.29) is 16.0 Å². The van der Waals surface area contributed by atoms with Crippen LogP contribution in [0.2, 0.25) is 0 Å². The summed E-state index contributed by atoms with van der Waals surface area (Å²) in [6.07, 6.45) is 0.